The molecule has 0 N–H and O–H groups in total. The van der Waals surface area contributed by atoms with Crippen molar-refractivity contribution in [3.63, 3.8) is 0 Å². The molecule has 0 saturated heterocycles. The largest absolute Gasteiger partial charge is 0.482 e. The molecule has 32 heavy (non-hydrogen) atoms. The van der Waals surface area contributed by atoms with Gasteiger partial charge in [0.15, 0.2) is 5.75 Å². The van der Waals surface area contributed by atoms with E-state index in [1.807, 2.05) is 36.4 Å². The molecule has 0 aliphatic heterocycles. The first kappa shape index (κ1) is 21.4. The van der Waals surface area contributed by atoms with E-state index in [0.717, 1.165) is 10.0 Å². The zero-order chi connectivity index (χ0) is 22.7. The normalized spacial score (nSPS) is 11.2. The number of hydrogen-bond acceptors (Lipinski definition) is 6. The Morgan fingerprint density at radius 1 is 1.16 bits per heavy atom. The molecule has 1 aromatic heterocycles. The van der Waals surface area contributed by atoms with Crippen LogP contribution in [0.15, 0.2) is 81.1 Å². The fraction of sp³-hybridized carbons (Fsp3) is 0.0870. The molecular formula is C23H17BrN4O4. The second-order valence-corrected chi connectivity index (χ2v) is 7.86. The van der Waals surface area contributed by atoms with E-state index in [0.29, 0.717) is 22.3 Å². The van der Waals surface area contributed by atoms with Gasteiger partial charge in [-0.1, -0.05) is 46.3 Å². The van der Waals surface area contributed by atoms with E-state index in [4.69, 9.17) is 4.74 Å². The van der Waals surface area contributed by atoms with E-state index < -0.39 is 4.92 Å². The summed E-state index contributed by atoms with van der Waals surface area (Å²) in [5.41, 5.74) is 1.40. The van der Waals surface area contributed by atoms with Gasteiger partial charge in [-0.25, -0.2) is 4.98 Å². The van der Waals surface area contributed by atoms with Crippen molar-refractivity contribution in [1.82, 2.24) is 9.66 Å². The van der Waals surface area contributed by atoms with Crippen LogP contribution in [0.2, 0.25) is 0 Å². The molecular weight excluding hydrogens is 476 g/mol. The highest BCUT2D eigenvalue weighted by atomic mass is 79.9. The van der Waals surface area contributed by atoms with E-state index in [1.165, 1.54) is 23.0 Å². The molecule has 1 heterocycles. The Balaban J connectivity index is 1.64. The van der Waals surface area contributed by atoms with Crippen LogP contribution in [-0.2, 0) is 6.61 Å². The summed E-state index contributed by atoms with van der Waals surface area (Å²) in [6.45, 7) is 1.88. The Morgan fingerprint density at radius 3 is 2.69 bits per heavy atom. The fourth-order valence-corrected chi connectivity index (χ4v) is 3.50. The van der Waals surface area contributed by atoms with Crippen molar-refractivity contribution in [1.29, 1.82) is 0 Å². The van der Waals surface area contributed by atoms with Crippen LogP contribution < -0.4 is 10.3 Å². The fourth-order valence-electron chi connectivity index (χ4n) is 3.13. The number of aromatic nitrogens is 2. The van der Waals surface area contributed by atoms with E-state index in [2.05, 4.69) is 26.0 Å². The van der Waals surface area contributed by atoms with Gasteiger partial charge in [0, 0.05) is 16.1 Å². The molecule has 0 atom stereocenters. The molecule has 4 rings (SSSR count). The third-order valence-electron chi connectivity index (χ3n) is 4.71. The van der Waals surface area contributed by atoms with Gasteiger partial charge in [-0.05, 0) is 42.8 Å². The minimum Gasteiger partial charge on any atom is -0.482 e. The van der Waals surface area contributed by atoms with Crippen LogP contribution in [0.1, 0.15) is 17.0 Å². The van der Waals surface area contributed by atoms with Crippen LogP contribution in [0, 0.1) is 17.0 Å². The van der Waals surface area contributed by atoms with Gasteiger partial charge in [0.2, 0.25) is 0 Å². The van der Waals surface area contributed by atoms with E-state index >= 15 is 0 Å². The molecule has 8 nitrogen and oxygen atoms in total. The number of rotatable bonds is 6. The Hall–Kier alpha value is -3.85. The van der Waals surface area contributed by atoms with Gasteiger partial charge >= 0.3 is 5.69 Å². The SMILES string of the molecule is Cc1nc2ccc(Br)cc2c(=O)n1N=Cc1ccc(OCc2ccccc2)c([N+](=O)[O-])c1. The minimum absolute atomic E-state index is 0.154. The summed E-state index contributed by atoms with van der Waals surface area (Å²) in [4.78, 5) is 28.3. The lowest BCUT2D eigenvalue weighted by molar-refractivity contribution is -0.385. The van der Waals surface area contributed by atoms with Gasteiger partial charge < -0.3 is 4.74 Å². The quantitative estimate of drug-likeness (QED) is 0.218. The number of halogens is 1. The molecule has 0 aliphatic rings. The van der Waals surface area contributed by atoms with Gasteiger partial charge in [0.1, 0.15) is 12.4 Å². The van der Waals surface area contributed by atoms with E-state index in [9.17, 15) is 14.9 Å². The molecule has 9 heteroatoms. The lowest BCUT2D eigenvalue weighted by Gasteiger charge is -2.08. The summed E-state index contributed by atoms with van der Waals surface area (Å²) < 4.78 is 7.57. The smallest absolute Gasteiger partial charge is 0.311 e. The number of aryl methyl sites for hydroxylation is 1. The number of hydrogen-bond donors (Lipinski definition) is 0. The maximum Gasteiger partial charge on any atom is 0.311 e. The molecule has 160 valence electrons. The van der Waals surface area contributed by atoms with Crippen molar-refractivity contribution in [2.45, 2.75) is 13.5 Å². The predicted octanol–water partition coefficient (Wildman–Crippen LogP) is 4.84. The van der Waals surface area contributed by atoms with Gasteiger partial charge in [-0.3, -0.25) is 14.9 Å². The maximum atomic E-state index is 12.8. The van der Waals surface area contributed by atoms with Gasteiger partial charge in [-0.2, -0.15) is 9.78 Å². The lowest BCUT2D eigenvalue weighted by Crippen LogP contribution is -2.20. The number of benzene rings is 3. The molecule has 0 bridgehead atoms. The molecule has 3 aromatic carbocycles. The van der Waals surface area contributed by atoms with E-state index in [-0.39, 0.29) is 23.6 Å². The highest BCUT2D eigenvalue weighted by Gasteiger charge is 2.16. The lowest BCUT2D eigenvalue weighted by atomic mass is 10.2. The summed E-state index contributed by atoms with van der Waals surface area (Å²) in [6, 6.07) is 19.1. The average molecular weight is 493 g/mol. The minimum atomic E-state index is -0.510. The average Bonchev–Trinajstić information content (AvgIpc) is 2.79. The van der Waals surface area contributed by atoms with Gasteiger partial charge in [0.05, 0.1) is 22.0 Å². The highest BCUT2D eigenvalue weighted by Crippen LogP contribution is 2.28. The first-order valence-electron chi connectivity index (χ1n) is 9.61. The Kier molecular flexibility index (Phi) is 6.09. The topological polar surface area (TPSA) is 99.6 Å². The number of ether oxygens (including phenoxy) is 1. The first-order chi connectivity index (χ1) is 15.4. The van der Waals surface area contributed by atoms with Crippen molar-refractivity contribution < 1.29 is 9.66 Å². The molecule has 4 aromatic rings. The number of fused-ring (bicyclic) bond motifs is 1. The van der Waals surface area contributed by atoms with Crippen molar-refractivity contribution in [3.05, 3.63) is 109 Å². The van der Waals surface area contributed by atoms with Crippen LogP contribution in [0.4, 0.5) is 5.69 Å². The highest BCUT2D eigenvalue weighted by molar-refractivity contribution is 9.10. The van der Waals surface area contributed by atoms with Crippen LogP contribution in [0.3, 0.4) is 0 Å². The summed E-state index contributed by atoms with van der Waals surface area (Å²) >= 11 is 3.35. The monoisotopic (exact) mass is 492 g/mol. The van der Waals surface area contributed by atoms with Crippen LogP contribution >= 0.6 is 15.9 Å². The van der Waals surface area contributed by atoms with Gasteiger partial charge in [0.25, 0.3) is 5.56 Å². The van der Waals surface area contributed by atoms with E-state index in [1.54, 1.807) is 25.1 Å². The standard InChI is InChI=1S/C23H17BrN4O4/c1-15-26-20-9-8-18(24)12-19(20)23(29)27(15)25-13-17-7-10-22(21(11-17)28(30)31)32-14-16-5-3-2-4-6-16/h2-13H,14H2,1H3. The summed E-state index contributed by atoms with van der Waals surface area (Å²) in [7, 11) is 0. The Labute approximate surface area is 191 Å². The number of nitrogens with zero attached hydrogens (tertiary/aromatic N) is 4. The molecule has 0 spiro atoms. The first-order valence-corrected chi connectivity index (χ1v) is 10.4. The summed E-state index contributed by atoms with van der Waals surface area (Å²) in [5.74, 6) is 0.556. The molecule has 0 radical (unpaired) electrons. The predicted molar refractivity (Wildman–Crippen MR) is 125 cm³/mol. The molecule has 0 saturated carbocycles. The third kappa shape index (κ3) is 4.57. The van der Waals surface area contributed by atoms with Crippen molar-refractivity contribution >= 4 is 38.7 Å². The van der Waals surface area contributed by atoms with Crippen LogP contribution in [-0.4, -0.2) is 20.8 Å². The molecule has 0 fully saturated rings. The van der Waals surface area contributed by atoms with Crippen LogP contribution in [0.5, 0.6) is 5.75 Å². The molecule has 0 amide bonds. The van der Waals surface area contributed by atoms with Crippen molar-refractivity contribution in [2.24, 2.45) is 5.10 Å². The molecule has 0 aliphatic carbocycles. The van der Waals surface area contributed by atoms with Crippen molar-refractivity contribution in [2.75, 3.05) is 0 Å². The maximum absolute atomic E-state index is 12.8. The van der Waals surface area contributed by atoms with Crippen molar-refractivity contribution in [3.8, 4) is 5.75 Å². The molecule has 0 unspecified atom stereocenters. The summed E-state index contributed by atoms with van der Waals surface area (Å²) in [6.07, 6.45) is 1.38. The zero-order valence-corrected chi connectivity index (χ0v) is 18.5. The van der Waals surface area contributed by atoms with Crippen LogP contribution in [0.25, 0.3) is 10.9 Å². The second kappa shape index (κ2) is 9.11. The zero-order valence-electron chi connectivity index (χ0n) is 16.9. The summed E-state index contributed by atoms with van der Waals surface area (Å²) in [5, 5.41) is 16.2. The van der Waals surface area contributed by atoms with Gasteiger partial charge in [-0.15, -0.1) is 0 Å². The second-order valence-electron chi connectivity index (χ2n) is 6.94. The Bertz CT molecular complexity index is 1400. The third-order valence-corrected chi connectivity index (χ3v) is 5.20. The number of nitro groups is 1. The Morgan fingerprint density at radius 2 is 1.94 bits per heavy atom. The number of nitro benzene ring substituents is 1.